The summed E-state index contributed by atoms with van der Waals surface area (Å²) in [5, 5.41) is 4.45. The molecule has 3 heterocycles. The Morgan fingerprint density at radius 1 is 0.968 bits per heavy atom. The number of hydrogen-bond acceptors (Lipinski definition) is 2. The molecule has 1 fully saturated rings. The van der Waals surface area contributed by atoms with Crippen LogP contribution in [0.25, 0.3) is 5.69 Å². The Bertz CT molecular complexity index is 1240. The molecule has 4 aromatic rings. The molecule has 1 aliphatic rings. The van der Waals surface area contributed by atoms with Gasteiger partial charge in [-0.2, -0.15) is 0 Å². The van der Waals surface area contributed by atoms with E-state index in [-0.39, 0.29) is 17.9 Å². The standard InChI is InChI=1S/C24H18ClFN4S/c25-16-7-5-8-17(15-16)29-14-6-12-21(29)23-22(19-10-3-4-13-27-19)28-24(31)30(23)20-11-2-1-9-18(20)26/h1-15,22-23H,(H,28,31)/t22-,23-/m1/s1. The van der Waals surface area contributed by atoms with Crippen LogP contribution in [-0.4, -0.2) is 14.7 Å². The third-order valence-corrected chi connectivity index (χ3v) is 5.93. The fourth-order valence-corrected chi connectivity index (χ4v) is 4.58. The predicted molar refractivity (Wildman–Crippen MR) is 125 cm³/mol. The predicted octanol–water partition coefficient (Wildman–Crippen LogP) is 5.84. The van der Waals surface area contributed by atoms with Crippen LogP contribution < -0.4 is 10.2 Å². The summed E-state index contributed by atoms with van der Waals surface area (Å²) in [7, 11) is 0. The third-order valence-electron chi connectivity index (χ3n) is 5.38. The Kier molecular flexibility index (Phi) is 5.18. The van der Waals surface area contributed by atoms with E-state index in [0.29, 0.717) is 15.8 Å². The lowest BCUT2D eigenvalue weighted by Crippen LogP contribution is -2.31. The van der Waals surface area contributed by atoms with Gasteiger partial charge in [-0.1, -0.05) is 35.9 Å². The Morgan fingerprint density at radius 2 is 1.81 bits per heavy atom. The number of hydrogen-bond donors (Lipinski definition) is 1. The summed E-state index contributed by atoms with van der Waals surface area (Å²) < 4.78 is 16.9. The van der Waals surface area contributed by atoms with Crippen LogP contribution in [0.2, 0.25) is 5.02 Å². The van der Waals surface area contributed by atoms with Crippen molar-refractivity contribution in [1.82, 2.24) is 14.9 Å². The highest BCUT2D eigenvalue weighted by Gasteiger charge is 2.42. The Labute approximate surface area is 189 Å². The van der Waals surface area contributed by atoms with Crippen molar-refractivity contribution in [3.8, 4) is 5.69 Å². The summed E-state index contributed by atoms with van der Waals surface area (Å²) in [5.74, 6) is -0.334. The monoisotopic (exact) mass is 448 g/mol. The zero-order chi connectivity index (χ0) is 21.4. The van der Waals surface area contributed by atoms with Crippen molar-refractivity contribution in [3.63, 3.8) is 0 Å². The number of para-hydroxylation sites is 1. The number of pyridine rings is 1. The molecule has 154 valence electrons. The molecule has 0 bridgehead atoms. The summed E-state index contributed by atoms with van der Waals surface area (Å²) in [6, 6.07) is 23.4. The van der Waals surface area contributed by atoms with Gasteiger partial charge in [0.05, 0.1) is 17.4 Å². The quantitative estimate of drug-likeness (QED) is 0.397. The number of anilines is 1. The average molecular weight is 449 g/mol. The summed E-state index contributed by atoms with van der Waals surface area (Å²) in [6.07, 6.45) is 3.72. The highest BCUT2D eigenvalue weighted by atomic mass is 35.5. The highest BCUT2D eigenvalue weighted by Crippen LogP contribution is 2.42. The van der Waals surface area contributed by atoms with Crippen LogP contribution in [0.5, 0.6) is 0 Å². The number of aromatic nitrogens is 2. The van der Waals surface area contributed by atoms with Crippen LogP contribution in [-0.2, 0) is 0 Å². The van der Waals surface area contributed by atoms with Crippen LogP contribution in [0.1, 0.15) is 23.5 Å². The van der Waals surface area contributed by atoms with Crippen molar-refractivity contribution in [2.24, 2.45) is 0 Å². The molecule has 7 heteroatoms. The maximum atomic E-state index is 14.9. The Balaban J connectivity index is 1.69. The molecule has 4 nitrogen and oxygen atoms in total. The second kappa shape index (κ2) is 8.13. The van der Waals surface area contributed by atoms with Crippen molar-refractivity contribution in [3.05, 3.63) is 113 Å². The number of nitrogens with one attached hydrogen (secondary N) is 1. The molecule has 0 amide bonds. The van der Waals surface area contributed by atoms with Crippen LogP contribution in [0.4, 0.5) is 10.1 Å². The van der Waals surface area contributed by atoms with Crippen LogP contribution in [0, 0.1) is 5.82 Å². The largest absolute Gasteiger partial charge is 0.351 e. The van der Waals surface area contributed by atoms with Crippen molar-refractivity contribution >= 4 is 34.6 Å². The maximum Gasteiger partial charge on any atom is 0.174 e. The first kappa shape index (κ1) is 19.7. The molecule has 5 rings (SSSR count). The summed E-state index contributed by atoms with van der Waals surface area (Å²) >= 11 is 11.9. The number of rotatable bonds is 4. The number of halogens is 2. The lowest BCUT2D eigenvalue weighted by Gasteiger charge is -2.29. The van der Waals surface area contributed by atoms with Gasteiger partial charge in [0.25, 0.3) is 0 Å². The Morgan fingerprint density at radius 3 is 2.58 bits per heavy atom. The second-order valence-corrected chi connectivity index (χ2v) is 8.05. The minimum absolute atomic E-state index is 0.263. The number of thiocarbonyl (C=S) groups is 1. The molecule has 1 N–H and O–H groups in total. The summed E-state index contributed by atoms with van der Waals surface area (Å²) in [4.78, 5) is 6.38. The molecule has 2 atom stereocenters. The topological polar surface area (TPSA) is 33.1 Å². The third kappa shape index (κ3) is 3.58. The van der Waals surface area contributed by atoms with Crippen LogP contribution in [0.15, 0.2) is 91.3 Å². The van der Waals surface area contributed by atoms with Gasteiger partial charge in [0.1, 0.15) is 11.9 Å². The molecule has 0 saturated carbocycles. The van der Waals surface area contributed by atoms with E-state index in [1.807, 2.05) is 71.8 Å². The molecule has 0 spiro atoms. The van der Waals surface area contributed by atoms with Crippen molar-refractivity contribution in [2.45, 2.75) is 12.1 Å². The molecular formula is C24H18ClFN4S. The van der Waals surface area contributed by atoms with Crippen molar-refractivity contribution < 1.29 is 4.39 Å². The molecule has 0 radical (unpaired) electrons. The van der Waals surface area contributed by atoms with Gasteiger partial charge < -0.3 is 14.8 Å². The normalized spacial score (nSPS) is 18.3. The summed E-state index contributed by atoms with van der Waals surface area (Å²) in [6.45, 7) is 0. The van der Waals surface area contributed by atoms with Gasteiger partial charge in [0.2, 0.25) is 0 Å². The zero-order valence-electron chi connectivity index (χ0n) is 16.3. The van der Waals surface area contributed by atoms with Gasteiger partial charge in [0, 0.05) is 28.8 Å². The van der Waals surface area contributed by atoms with E-state index < -0.39 is 0 Å². The van der Waals surface area contributed by atoms with E-state index in [1.165, 1.54) is 6.07 Å². The van der Waals surface area contributed by atoms with Gasteiger partial charge >= 0.3 is 0 Å². The van der Waals surface area contributed by atoms with Crippen molar-refractivity contribution in [1.29, 1.82) is 0 Å². The van der Waals surface area contributed by atoms with E-state index in [9.17, 15) is 4.39 Å². The highest BCUT2D eigenvalue weighted by molar-refractivity contribution is 7.80. The van der Waals surface area contributed by atoms with E-state index in [1.54, 1.807) is 18.3 Å². The first-order chi connectivity index (χ1) is 15.1. The van der Waals surface area contributed by atoms with Gasteiger partial charge in [-0.25, -0.2) is 4.39 Å². The molecule has 31 heavy (non-hydrogen) atoms. The number of nitrogens with zero attached hydrogens (tertiary/aromatic N) is 3. The minimum atomic E-state index is -0.334. The maximum absolute atomic E-state index is 14.9. The smallest absolute Gasteiger partial charge is 0.174 e. The van der Waals surface area contributed by atoms with Gasteiger partial charge in [-0.05, 0) is 66.8 Å². The SMILES string of the molecule is Fc1ccccc1N1C(=S)N[C@H](c2ccccn2)[C@H]1c1cccn1-c1cccc(Cl)c1. The Hall–Kier alpha value is -3.22. The van der Waals surface area contributed by atoms with E-state index >= 15 is 0 Å². The first-order valence-electron chi connectivity index (χ1n) is 9.82. The van der Waals surface area contributed by atoms with E-state index in [4.69, 9.17) is 23.8 Å². The van der Waals surface area contributed by atoms with Crippen LogP contribution in [0.3, 0.4) is 0 Å². The molecule has 2 aromatic carbocycles. The molecule has 1 saturated heterocycles. The molecular weight excluding hydrogens is 431 g/mol. The molecule has 0 aliphatic carbocycles. The molecule has 1 aliphatic heterocycles. The lowest BCUT2D eigenvalue weighted by molar-refractivity contribution is 0.542. The van der Waals surface area contributed by atoms with Gasteiger partial charge in [0.15, 0.2) is 5.11 Å². The van der Waals surface area contributed by atoms with E-state index in [0.717, 1.165) is 17.1 Å². The fraction of sp³-hybridized carbons (Fsp3) is 0.0833. The van der Waals surface area contributed by atoms with E-state index in [2.05, 4.69) is 14.9 Å². The zero-order valence-corrected chi connectivity index (χ0v) is 17.9. The fourth-order valence-electron chi connectivity index (χ4n) is 4.06. The minimum Gasteiger partial charge on any atom is -0.351 e. The lowest BCUT2D eigenvalue weighted by atomic mass is 10.0. The summed E-state index contributed by atoms with van der Waals surface area (Å²) in [5.41, 5.74) is 3.10. The number of benzene rings is 2. The van der Waals surface area contributed by atoms with Crippen LogP contribution >= 0.6 is 23.8 Å². The molecule has 2 aromatic heterocycles. The average Bonchev–Trinajstić information content (AvgIpc) is 3.39. The first-order valence-corrected chi connectivity index (χ1v) is 10.6. The molecule has 0 unspecified atom stereocenters. The second-order valence-electron chi connectivity index (χ2n) is 7.23. The van der Waals surface area contributed by atoms with Crippen molar-refractivity contribution in [2.75, 3.05) is 4.90 Å². The van der Waals surface area contributed by atoms with Gasteiger partial charge in [-0.15, -0.1) is 0 Å². The van der Waals surface area contributed by atoms with Gasteiger partial charge in [-0.3, -0.25) is 4.98 Å².